The largest absolute Gasteiger partial charge is 0.304 e. The van der Waals surface area contributed by atoms with Crippen LogP contribution in [0.1, 0.15) is 24.2 Å². The van der Waals surface area contributed by atoms with Crippen LogP contribution in [0.2, 0.25) is 0 Å². The van der Waals surface area contributed by atoms with E-state index in [2.05, 4.69) is 50.3 Å². The van der Waals surface area contributed by atoms with Gasteiger partial charge in [-0.3, -0.25) is 9.97 Å². The number of nitrogens with one attached hydrogen (secondary N) is 1. The van der Waals surface area contributed by atoms with E-state index in [0.29, 0.717) is 0 Å². The number of aromatic nitrogens is 2. The minimum Gasteiger partial charge on any atom is -0.304 e. The summed E-state index contributed by atoms with van der Waals surface area (Å²) in [7, 11) is 0. The van der Waals surface area contributed by atoms with Crippen molar-refractivity contribution in [2.24, 2.45) is 0 Å². The summed E-state index contributed by atoms with van der Waals surface area (Å²) in [5.41, 5.74) is 2.20. The summed E-state index contributed by atoms with van der Waals surface area (Å²) in [6.07, 6.45) is 5.17. The van der Waals surface area contributed by atoms with Crippen molar-refractivity contribution in [2.45, 2.75) is 19.5 Å². The Bertz CT molecular complexity index is 473. The van der Waals surface area contributed by atoms with Gasteiger partial charge in [-0.25, -0.2) is 0 Å². The smallest absolute Gasteiger partial charge is 0.0724 e. The molecular weight excluding hydrogens is 278 g/mol. The molecule has 1 atom stereocenters. The van der Waals surface area contributed by atoms with Gasteiger partial charge in [-0.2, -0.15) is 0 Å². The first kappa shape index (κ1) is 12.2. The summed E-state index contributed by atoms with van der Waals surface area (Å²) in [4.78, 5) is 8.27. The van der Waals surface area contributed by atoms with E-state index in [9.17, 15) is 0 Å². The molecule has 0 unspecified atom stereocenters. The molecule has 0 fully saturated rings. The second-order valence-corrected chi connectivity index (χ2v) is 4.68. The lowest BCUT2D eigenvalue weighted by molar-refractivity contribution is 0.565. The molecule has 0 saturated carbocycles. The molecule has 1 aromatic heterocycles. The van der Waals surface area contributed by atoms with E-state index in [1.54, 1.807) is 18.6 Å². The Morgan fingerprint density at radius 3 is 2.82 bits per heavy atom. The summed E-state index contributed by atoms with van der Waals surface area (Å²) >= 11 is 3.56. The Labute approximate surface area is 109 Å². The molecule has 17 heavy (non-hydrogen) atoms. The SMILES string of the molecule is C[C@@H](NCc1cnccn1)c1ccccc1Br. The predicted octanol–water partition coefficient (Wildman–Crippen LogP) is 3.09. The van der Waals surface area contributed by atoms with E-state index < -0.39 is 0 Å². The maximum absolute atomic E-state index is 4.23. The zero-order valence-corrected chi connectivity index (χ0v) is 11.2. The van der Waals surface area contributed by atoms with Crippen molar-refractivity contribution in [2.75, 3.05) is 0 Å². The van der Waals surface area contributed by atoms with Gasteiger partial charge < -0.3 is 5.32 Å². The van der Waals surface area contributed by atoms with Crippen LogP contribution in [0.25, 0.3) is 0 Å². The van der Waals surface area contributed by atoms with Gasteiger partial charge in [0.1, 0.15) is 0 Å². The van der Waals surface area contributed by atoms with Crippen molar-refractivity contribution < 1.29 is 0 Å². The number of nitrogens with zero attached hydrogens (tertiary/aromatic N) is 2. The number of benzene rings is 1. The third kappa shape index (κ3) is 3.35. The average molecular weight is 292 g/mol. The third-order valence-electron chi connectivity index (χ3n) is 2.58. The molecule has 1 aromatic carbocycles. The summed E-state index contributed by atoms with van der Waals surface area (Å²) in [6.45, 7) is 2.85. The number of rotatable bonds is 4. The summed E-state index contributed by atoms with van der Waals surface area (Å²) in [5, 5.41) is 3.42. The Morgan fingerprint density at radius 1 is 1.29 bits per heavy atom. The van der Waals surface area contributed by atoms with Crippen molar-refractivity contribution >= 4 is 15.9 Å². The van der Waals surface area contributed by atoms with Crippen LogP contribution in [0.4, 0.5) is 0 Å². The fourth-order valence-electron chi connectivity index (χ4n) is 1.62. The molecule has 0 saturated heterocycles. The van der Waals surface area contributed by atoms with E-state index in [1.807, 2.05) is 12.1 Å². The van der Waals surface area contributed by atoms with Crippen LogP contribution in [0.15, 0.2) is 47.3 Å². The zero-order chi connectivity index (χ0) is 12.1. The van der Waals surface area contributed by atoms with Gasteiger partial charge in [0.25, 0.3) is 0 Å². The second-order valence-electron chi connectivity index (χ2n) is 3.82. The van der Waals surface area contributed by atoms with E-state index in [0.717, 1.165) is 16.7 Å². The highest BCUT2D eigenvalue weighted by Gasteiger charge is 2.07. The summed E-state index contributed by atoms with van der Waals surface area (Å²) < 4.78 is 1.12. The number of hydrogen-bond donors (Lipinski definition) is 1. The number of halogens is 1. The normalized spacial score (nSPS) is 12.4. The molecule has 2 rings (SSSR count). The molecule has 3 nitrogen and oxygen atoms in total. The molecule has 2 aromatic rings. The van der Waals surface area contributed by atoms with Gasteiger partial charge in [-0.15, -0.1) is 0 Å². The van der Waals surface area contributed by atoms with Crippen molar-refractivity contribution in [1.29, 1.82) is 0 Å². The van der Waals surface area contributed by atoms with Gasteiger partial charge in [0.05, 0.1) is 5.69 Å². The molecule has 0 aliphatic carbocycles. The quantitative estimate of drug-likeness (QED) is 0.941. The monoisotopic (exact) mass is 291 g/mol. The van der Waals surface area contributed by atoms with Crippen molar-refractivity contribution in [3.8, 4) is 0 Å². The van der Waals surface area contributed by atoms with Gasteiger partial charge in [-0.1, -0.05) is 34.1 Å². The van der Waals surface area contributed by atoms with Gasteiger partial charge in [0.15, 0.2) is 0 Å². The molecule has 1 N–H and O–H groups in total. The molecule has 0 aliphatic heterocycles. The van der Waals surface area contributed by atoms with E-state index in [1.165, 1.54) is 5.56 Å². The van der Waals surface area contributed by atoms with Crippen LogP contribution in [0.5, 0.6) is 0 Å². The number of hydrogen-bond acceptors (Lipinski definition) is 3. The van der Waals surface area contributed by atoms with E-state index >= 15 is 0 Å². The Morgan fingerprint density at radius 2 is 2.12 bits per heavy atom. The molecule has 88 valence electrons. The van der Waals surface area contributed by atoms with Gasteiger partial charge >= 0.3 is 0 Å². The van der Waals surface area contributed by atoms with Crippen LogP contribution in [-0.4, -0.2) is 9.97 Å². The first-order valence-electron chi connectivity index (χ1n) is 5.50. The van der Waals surface area contributed by atoms with Crippen LogP contribution < -0.4 is 5.32 Å². The summed E-state index contributed by atoms with van der Waals surface area (Å²) in [6, 6.07) is 8.49. The Kier molecular flexibility index (Phi) is 4.23. The fourth-order valence-corrected chi connectivity index (χ4v) is 2.24. The lowest BCUT2D eigenvalue weighted by atomic mass is 10.1. The van der Waals surface area contributed by atoms with Gasteiger partial charge in [-0.05, 0) is 18.6 Å². The maximum atomic E-state index is 4.23. The molecule has 0 spiro atoms. The van der Waals surface area contributed by atoms with Gasteiger partial charge in [0.2, 0.25) is 0 Å². The molecule has 0 aliphatic rings. The Balaban J connectivity index is 1.99. The van der Waals surface area contributed by atoms with Crippen molar-refractivity contribution in [3.63, 3.8) is 0 Å². The molecule has 0 radical (unpaired) electrons. The molecule has 0 bridgehead atoms. The lowest BCUT2D eigenvalue weighted by Crippen LogP contribution is -2.19. The minimum absolute atomic E-state index is 0.271. The topological polar surface area (TPSA) is 37.8 Å². The highest BCUT2D eigenvalue weighted by atomic mass is 79.9. The molecule has 4 heteroatoms. The molecule has 0 amide bonds. The van der Waals surface area contributed by atoms with Crippen LogP contribution >= 0.6 is 15.9 Å². The Hall–Kier alpha value is -1.26. The predicted molar refractivity (Wildman–Crippen MR) is 71.4 cm³/mol. The lowest BCUT2D eigenvalue weighted by Gasteiger charge is -2.15. The van der Waals surface area contributed by atoms with E-state index in [4.69, 9.17) is 0 Å². The minimum atomic E-state index is 0.271. The van der Waals surface area contributed by atoms with Crippen molar-refractivity contribution in [3.05, 3.63) is 58.6 Å². The van der Waals surface area contributed by atoms with Crippen molar-refractivity contribution in [1.82, 2.24) is 15.3 Å². The first-order valence-corrected chi connectivity index (χ1v) is 6.29. The third-order valence-corrected chi connectivity index (χ3v) is 3.30. The standard InChI is InChI=1S/C13H14BrN3/c1-10(12-4-2-3-5-13(12)14)17-9-11-8-15-6-7-16-11/h2-8,10,17H,9H2,1H3/t10-/m1/s1. The highest BCUT2D eigenvalue weighted by molar-refractivity contribution is 9.10. The maximum Gasteiger partial charge on any atom is 0.0724 e. The zero-order valence-electron chi connectivity index (χ0n) is 9.60. The van der Waals surface area contributed by atoms with Crippen LogP contribution in [-0.2, 0) is 6.54 Å². The first-order chi connectivity index (χ1) is 8.27. The van der Waals surface area contributed by atoms with Gasteiger partial charge in [0, 0.05) is 35.6 Å². The average Bonchev–Trinajstić information content (AvgIpc) is 2.38. The molecule has 1 heterocycles. The fraction of sp³-hybridized carbons (Fsp3) is 0.231. The van der Waals surface area contributed by atoms with Crippen LogP contribution in [0, 0.1) is 0 Å². The molecular formula is C13H14BrN3. The summed E-state index contributed by atoms with van der Waals surface area (Å²) in [5.74, 6) is 0. The van der Waals surface area contributed by atoms with E-state index in [-0.39, 0.29) is 6.04 Å². The van der Waals surface area contributed by atoms with Crippen LogP contribution in [0.3, 0.4) is 0 Å². The second kappa shape index (κ2) is 5.89. The highest BCUT2D eigenvalue weighted by Crippen LogP contribution is 2.22.